The number of benzene rings is 1. The van der Waals surface area contributed by atoms with E-state index in [4.69, 9.17) is 14.3 Å². The molecule has 11 heteroatoms. The Morgan fingerprint density at radius 3 is 2.00 bits per heavy atom. The van der Waals surface area contributed by atoms with Gasteiger partial charge in [-0.3, -0.25) is 19.3 Å². The zero-order valence-electron chi connectivity index (χ0n) is 30.2. The number of aromatic nitrogens is 1. The maximum Gasteiger partial charge on any atom is 0.206 e. The quantitative estimate of drug-likeness (QED) is 0.180. The van der Waals surface area contributed by atoms with Crippen LogP contribution >= 0.6 is 0 Å². The summed E-state index contributed by atoms with van der Waals surface area (Å²) in [4.78, 5) is 61.6. The highest BCUT2D eigenvalue weighted by molar-refractivity contribution is 5.90. The second kappa shape index (κ2) is 28.1. The number of nitrogens with zero attached hydrogens (tertiary/aromatic N) is 4. The average Bonchev–Trinajstić information content (AvgIpc) is 3.11. The van der Waals surface area contributed by atoms with E-state index >= 15 is 0 Å². The first-order chi connectivity index (χ1) is 23.1. The van der Waals surface area contributed by atoms with Crippen LogP contribution in [0, 0.1) is 0 Å². The number of aldehydes is 4. The van der Waals surface area contributed by atoms with Gasteiger partial charge in [0.15, 0.2) is 12.6 Å². The third-order valence-corrected chi connectivity index (χ3v) is 7.61. The molecule has 1 aliphatic rings. The Hall–Kier alpha value is -3.96. The van der Waals surface area contributed by atoms with Crippen molar-refractivity contribution in [3.63, 3.8) is 0 Å². The van der Waals surface area contributed by atoms with E-state index in [1.807, 2.05) is 25.2 Å². The van der Waals surface area contributed by atoms with Crippen LogP contribution in [-0.2, 0) is 14.4 Å². The fourth-order valence-electron chi connectivity index (χ4n) is 4.70. The maximum absolute atomic E-state index is 11.0. The van der Waals surface area contributed by atoms with Gasteiger partial charge in [0, 0.05) is 50.6 Å². The van der Waals surface area contributed by atoms with Gasteiger partial charge >= 0.3 is 0 Å². The molecule has 0 spiro atoms. The van der Waals surface area contributed by atoms with Gasteiger partial charge < -0.3 is 29.4 Å². The Bertz CT molecular complexity index is 1150. The summed E-state index contributed by atoms with van der Waals surface area (Å²) in [7, 11) is 5.41. The lowest BCUT2D eigenvalue weighted by Crippen LogP contribution is -2.46. The monoisotopic (exact) mass is 669 g/mol. The Labute approximate surface area is 288 Å². The lowest BCUT2D eigenvalue weighted by molar-refractivity contribution is -0.112. The van der Waals surface area contributed by atoms with Crippen LogP contribution < -0.4 is 15.0 Å². The van der Waals surface area contributed by atoms with Crippen molar-refractivity contribution >= 4 is 37.4 Å². The van der Waals surface area contributed by atoms with Gasteiger partial charge in [0.1, 0.15) is 24.1 Å². The fourth-order valence-corrected chi connectivity index (χ4v) is 4.70. The summed E-state index contributed by atoms with van der Waals surface area (Å²) in [5.74, 6) is 2.25. The maximum atomic E-state index is 11.0. The standard InChI is InChI=1S/C26H35N3O3.C7H15NO.C2H5NO.C2H4O/c1-21(2)22-8-10-26(27-18-22)29-14-12-28(13-15-29)11-5-3-4-6-16-32-25-9-7-23(19-30)24(17-25)20-31;1-4-5-7(6-9)8(2)3;1-3-2-4;1-2-3/h7-10,17-21H,3-6,11-16H2,1-2H3;6-7H,4-5H2,1-3H3;2H,1H3,(H,3,4);2H,1H3. The van der Waals surface area contributed by atoms with E-state index < -0.39 is 0 Å². The van der Waals surface area contributed by atoms with Crippen LogP contribution in [0.1, 0.15) is 98.4 Å². The molecule has 0 bridgehead atoms. The minimum atomic E-state index is 0.120. The third-order valence-electron chi connectivity index (χ3n) is 7.61. The molecule has 48 heavy (non-hydrogen) atoms. The van der Waals surface area contributed by atoms with Crippen LogP contribution in [0.2, 0.25) is 0 Å². The van der Waals surface area contributed by atoms with Crippen LogP contribution in [0.25, 0.3) is 0 Å². The Morgan fingerprint density at radius 1 is 0.917 bits per heavy atom. The number of carbonyl (C=O) groups excluding carboxylic acids is 5. The molecule has 1 atom stereocenters. The fraction of sp³-hybridized carbons (Fsp3) is 0.568. The minimum absolute atomic E-state index is 0.120. The number of hydrogen-bond donors (Lipinski definition) is 1. The van der Waals surface area contributed by atoms with Gasteiger partial charge in [-0.25, -0.2) is 4.98 Å². The molecule has 1 saturated heterocycles. The number of carbonyl (C=O) groups is 5. The summed E-state index contributed by atoms with van der Waals surface area (Å²) >= 11 is 0. The molecular weight excluding hydrogens is 610 g/mol. The van der Waals surface area contributed by atoms with Gasteiger partial charge in [0.2, 0.25) is 6.41 Å². The van der Waals surface area contributed by atoms with E-state index in [0.717, 1.165) is 76.8 Å². The van der Waals surface area contributed by atoms with Gasteiger partial charge in [-0.05, 0) is 82.6 Å². The van der Waals surface area contributed by atoms with E-state index in [1.165, 1.54) is 25.3 Å². The molecule has 1 N–H and O–H groups in total. The number of piperazine rings is 1. The lowest BCUT2D eigenvalue weighted by atomic mass is 10.1. The molecule has 0 radical (unpaired) electrons. The van der Waals surface area contributed by atoms with Crippen LogP contribution in [0.15, 0.2) is 36.5 Å². The van der Waals surface area contributed by atoms with Gasteiger partial charge in [-0.2, -0.15) is 0 Å². The van der Waals surface area contributed by atoms with Crippen molar-refractivity contribution in [3.05, 3.63) is 53.2 Å². The Balaban J connectivity index is 0.00000115. The number of pyridine rings is 1. The van der Waals surface area contributed by atoms with Crippen molar-refractivity contribution in [2.45, 2.75) is 78.2 Å². The summed E-state index contributed by atoms with van der Waals surface area (Å²) in [5, 5.41) is 2.25. The number of ether oxygens (including phenoxy) is 1. The minimum Gasteiger partial charge on any atom is -0.494 e. The molecule has 0 aliphatic carbocycles. The SMILES string of the molecule is CC(C)c1ccc(N2CCN(CCCCCCOc3ccc(C=O)c(C=O)c3)CC2)nc1.CC=O.CCCC(C=O)N(C)C.CNC=O. The molecule has 0 saturated carbocycles. The Kier molecular flexibility index (Phi) is 25.8. The van der Waals surface area contributed by atoms with Crippen molar-refractivity contribution in [1.29, 1.82) is 0 Å². The molecular formula is C37H59N5O6. The van der Waals surface area contributed by atoms with E-state index in [9.17, 15) is 14.4 Å². The van der Waals surface area contributed by atoms with Crippen molar-refractivity contribution < 1.29 is 28.7 Å². The second-order valence-electron chi connectivity index (χ2n) is 11.8. The topological polar surface area (TPSA) is 129 Å². The summed E-state index contributed by atoms with van der Waals surface area (Å²) in [6, 6.07) is 9.47. The predicted molar refractivity (Wildman–Crippen MR) is 193 cm³/mol. The molecule has 1 aromatic carbocycles. The molecule has 1 amide bonds. The summed E-state index contributed by atoms with van der Waals surface area (Å²) in [6.45, 7) is 13.9. The molecule has 11 nitrogen and oxygen atoms in total. The molecule has 2 aromatic rings. The van der Waals surface area contributed by atoms with Crippen LogP contribution in [-0.4, -0.2) is 113 Å². The van der Waals surface area contributed by atoms with Crippen LogP contribution in [0.5, 0.6) is 5.75 Å². The van der Waals surface area contributed by atoms with E-state index in [-0.39, 0.29) is 6.04 Å². The molecule has 1 aliphatic heterocycles. The van der Waals surface area contributed by atoms with Crippen LogP contribution in [0.3, 0.4) is 0 Å². The number of nitrogens with one attached hydrogen (secondary N) is 1. The first-order valence-electron chi connectivity index (χ1n) is 16.9. The zero-order valence-corrected chi connectivity index (χ0v) is 30.2. The smallest absolute Gasteiger partial charge is 0.206 e. The first kappa shape index (κ1) is 44.0. The number of amides is 1. The molecule has 1 unspecified atom stereocenters. The normalized spacial score (nSPS) is 13.0. The number of rotatable bonds is 17. The molecule has 3 rings (SSSR count). The highest BCUT2D eigenvalue weighted by atomic mass is 16.5. The number of anilines is 1. The van der Waals surface area contributed by atoms with Crippen molar-refractivity contribution in [1.82, 2.24) is 20.1 Å². The number of likely N-dealkylation sites (N-methyl/N-ethyl adjacent to an activating group) is 1. The van der Waals surface area contributed by atoms with Crippen molar-refractivity contribution in [2.75, 3.05) is 65.4 Å². The average molecular weight is 670 g/mol. The summed E-state index contributed by atoms with van der Waals surface area (Å²) in [5.41, 5.74) is 2.06. The number of hydrogen-bond acceptors (Lipinski definition) is 10. The molecule has 268 valence electrons. The lowest BCUT2D eigenvalue weighted by Gasteiger charge is -2.35. The second-order valence-corrected chi connectivity index (χ2v) is 11.8. The Morgan fingerprint density at radius 2 is 1.54 bits per heavy atom. The van der Waals surface area contributed by atoms with Gasteiger partial charge in [-0.15, -0.1) is 0 Å². The van der Waals surface area contributed by atoms with Crippen LogP contribution in [0.4, 0.5) is 5.82 Å². The van der Waals surface area contributed by atoms with Crippen molar-refractivity contribution in [3.8, 4) is 5.75 Å². The zero-order chi connectivity index (χ0) is 36.2. The van der Waals surface area contributed by atoms with E-state index in [2.05, 4.69) is 53.0 Å². The van der Waals surface area contributed by atoms with E-state index in [0.29, 0.717) is 48.4 Å². The molecule has 1 fully saturated rings. The predicted octanol–water partition coefficient (Wildman–Crippen LogP) is 5.07. The highest BCUT2D eigenvalue weighted by Crippen LogP contribution is 2.19. The van der Waals surface area contributed by atoms with Gasteiger partial charge in [-0.1, -0.05) is 46.1 Å². The van der Waals surface area contributed by atoms with Gasteiger partial charge in [0.05, 0.1) is 12.6 Å². The van der Waals surface area contributed by atoms with Gasteiger partial charge in [0.25, 0.3) is 0 Å². The largest absolute Gasteiger partial charge is 0.494 e. The summed E-state index contributed by atoms with van der Waals surface area (Å²) in [6.07, 6.45) is 12.3. The van der Waals surface area contributed by atoms with E-state index in [1.54, 1.807) is 25.2 Å². The first-order valence-corrected chi connectivity index (χ1v) is 16.9. The summed E-state index contributed by atoms with van der Waals surface area (Å²) < 4.78 is 5.72. The van der Waals surface area contributed by atoms with Crippen molar-refractivity contribution in [2.24, 2.45) is 0 Å². The molecule has 2 heterocycles. The molecule has 1 aromatic heterocycles. The highest BCUT2D eigenvalue weighted by Gasteiger charge is 2.17. The number of unbranched alkanes of at least 4 members (excludes halogenated alkanes) is 3. The third kappa shape index (κ3) is 19.0.